The van der Waals surface area contributed by atoms with E-state index in [1.807, 2.05) is 4.90 Å². The number of hydrogen-bond acceptors (Lipinski definition) is 3. The second kappa shape index (κ2) is 8.95. The van der Waals surface area contributed by atoms with Gasteiger partial charge in [-0.05, 0) is 25.7 Å². The maximum absolute atomic E-state index is 11.2. The first-order chi connectivity index (χ1) is 9.50. The van der Waals surface area contributed by atoms with Gasteiger partial charge in [0.05, 0.1) is 0 Å². The molecule has 20 heavy (non-hydrogen) atoms. The molecule has 1 rings (SSSR count). The highest BCUT2D eigenvalue weighted by atomic mass is 16.4. The molecule has 0 aromatic carbocycles. The van der Waals surface area contributed by atoms with Gasteiger partial charge >= 0.3 is 5.97 Å². The summed E-state index contributed by atoms with van der Waals surface area (Å²) in [5, 5.41) is 12.0. The lowest BCUT2D eigenvalue weighted by Gasteiger charge is -2.30. The molecule has 0 aromatic heterocycles. The monoisotopic (exact) mass is 284 g/mol. The van der Waals surface area contributed by atoms with Crippen molar-refractivity contribution in [3.05, 3.63) is 0 Å². The van der Waals surface area contributed by atoms with Crippen LogP contribution in [0.2, 0.25) is 0 Å². The fourth-order valence-electron chi connectivity index (χ4n) is 2.85. The minimum absolute atomic E-state index is 0.0672. The van der Waals surface area contributed by atoms with Gasteiger partial charge in [0.2, 0.25) is 5.91 Å². The van der Waals surface area contributed by atoms with Crippen molar-refractivity contribution in [2.75, 3.05) is 19.6 Å². The van der Waals surface area contributed by atoms with Gasteiger partial charge in [0.15, 0.2) is 0 Å². The molecule has 2 N–H and O–H groups in total. The Balaban J connectivity index is 2.51. The first-order valence-electron chi connectivity index (χ1n) is 7.72. The Bertz CT molecular complexity index is 312. The van der Waals surface area contributed by atoms with Crippen LogP contribution < -0.4 is 5.32 Å². The van der Waals surface area contributed by atoms with E-state index in [-0.39, 0.29) is 5.91 Å². The van der Waals surface area contributed by atoms with Gasteiger partial charge in [0.25, 0.3) is 0 Å². The summed E-state index contributed by atoms with van der Waals surface area (Å²) in [5.41, 5.74) is 0. The lowest BCUT2D eigenvalue weighted by atomic mass is 9.99. The Morgan fingerprint density at radius 3 is 2.35 bits per heavy atom. The van der Waals surface area contributed by atoms with Crippen molar-refractivity contribution < 1.29 is 14.7 Å². The Hall–Kier alpha value is -1.10. The molecule has 0 saturated heterocycles. The number of carbonyl (C=O) groups is 2. The van der Waals surface area contributed by atoms with Crippen molar-refractivity contribution in [2.45, 2.75) is 58.4 Å². The topological polar surface area (TPSA) is 69.6 Å². The van der Waals surface area contributed by atoms with Crippen molar-refractivity contribution in [2.24, 2.45) is 5.92 Å². The van der Waals surface area contributed by atoms with E-state index in [0.717, 1.165) is 6.54 Å². The Morgan fingerprint density at radius 1 is 1.25 bits per heavy atom. The van der Waals surface area contributed by atoms with Gasteiger partial charge in [-0.2, -0.15) is 0 Å². The summed E-state index contributed by atoms with van der Waals surface area (Å²) in [6, 6.07) is -0.494. The molecule has 0 aliphatic heterocycles. The Morgan fingerprint density at radius 2 is 1.85 bits per heavy atom. The summed E-state index contributed by atoms with van der Waals surface area (Å²) in [6.07, 6.45) is 7.51. The molecule has 1 saturated carbocycles. The average molecular weight is 284 g/mol. The standard InChI is InChI=1S/C15H28N2O3/c1-12(15(19)20)17(10-9-16-13(2)18)11-14-7-5-3-4-6-8-14/h12,14H,3-11H2,1-2H3,(H,16,18)(H,19,20). The van der Waals surface area contributed by atoms with Gasteiger partial charge in [0.1, 0.15) is 6.04 Å². The Kier molecular flexibility index (Phi) is 7.59. The molecule has 5 nitrogen and oxygen atoms in total. The van der Waals surface area contributed by atoms with E-state index in [9.17, 15) is 14.7 Å². The normalized spacial score (nSPS) is 18.6. The summed E-state index contributed by atoms with van der Waals surface area (Å²) >= 11 is 0. The van der Waals surface area contributed by atoms with Crippen LogP contribution in [0.3, 0.4) is 0 Å². The number of carboxylic acid groups (broad SMARTS) is 1. The van der Waals surface area contributed by atoms with Crippen LogP contribution in [0.1, 0.15) is 52.4 Å². The quantitative estimate of drug-likeness (QED) is 0.700. The van der Waals surface area contributed by atoms with Crippen molar-refractivity contribution >= 4 is 11.9 Å². The average Bonchev–Trinajstić information content (AvgIpc) is 2.64. The van der Waals surface area contributed by atoms with E-state index in [2.05, 4.69) is 5.32 Å². The van der Waals surface area contributed by atoms with Crippen LogP contribution in [0.4, 0.5) is 0 Å². The minimum Gasteiger partial charge on any atom is -0.480 e. The molecule has 0 radical (unpaired) electrons. The van der Waals surface area contributed by atoms with Crippen molar-refractivity contribution in [3.63, 3.8) is 0 Å². The van der Waals surface area contributed by atoms with Crippen LogP contribution in [0.5, 0.6) is 0 Å². The number of nitrogens with one attached hydrogen (secondary N) is 1. The number of carboxylic acids is 1. The second-order valence-corrected chi connectivity index (χ2v) is 5.85. The molecule has 116 valence electrons. The largest absolute Gasteiger partial charge is 0.480 e. The molecule has 1 fully saturated rings. The van der Waals surface area contributed by atoms with Gasteiger partial charge in [-0.3, -0.25) is 14.5 Å². The van der Waals surface area contributed by atoms with E-state index in [1.165, 1.54) is 45.4 Å². The zero-order chi connectivity index (χ0) is 15.0. The van der Waals surface area contributed by atoms with Crippen molar-refractivity contribution in [1.29, 1.82) is 0 Å². The summed E-state index contributed by atoms with van der Waals surface area (Å²) < 4.78 is 0. The van der Waals surface area contributed by atoms with E-state index in [4.69, 9.17) is 0 Å². The van der Waals surface area contributed by atoms with Crippen LogP contribution in [0, 0.1) is 5.92 Å². The highest BCUT2D eigenvalue weighted by Gasteiger charge is 2.24. The fourth-order valence-corrected chi connectivity index (χ4v) is 2.85. The maximum atomic E-state index is 11.2. The second-order valence-electron chi connectivity index (χ2n) is 5.85. The third-order valence-electron chi connectivity index (χ3n) is 4.15. The zero-order valence-electron chi connectivity index (χ0n) is 12.7. The van der Waals surface area contributed by atoms with Crippen LogP contribution in [-0.2, 0) is 9.59 Å². The molecule has 1 aliphatic rings. The van der Waals surface area contributed by atoms with Gasteiger partial charge < -0.3 is 10.4 Å². The van der Waals surface area contributed by atoms with Crippen LogP contribution in [0.15, 0.2) is 0 Å². The number of rotatable bonds is 7. The fraction of sp³-hybridized carbons (Fsp3) is 0.867. The summed E-state index contributed by atoms with van der Waals surface area (Å²) in [6.45, 7) is 5.15. The predicted octanol–water partition coefficient (Wildman–Crippen LogP) is 1.87. The molecular weight excluding hydrogens is 256 g/mol. The van der Waals surface area contributed by atoms with E-state index >= 15 is 0 Å². The molecule has 5 heteroatoms. The highest BCUT2D eigenvalue weighted by Crippen LogP contribution is 2.24. The number of nitrogens with zero attached hydrogens (tertiary/aromatic N) is 1. The number of amides is 1. The zero-order valence-corrected chi connectivity index (χ0v) is 12.7. The number of carbonyl (C=O) groups excluding carboxylic acids is 1. The first-order valence-corrected chi connectivity index (χ1v) is 7.72. The summed E-state index contributed by atoms with van der Waals surface area (Å²) in [7, 11) is 0. The molecule has 0 heterocycles. The lowest BCUT2D eigenvalue weighted by molar-refractivity contribution is -0.142. The van der Waals surface area contributed by atoms with Crippen LogP contribution in [0.25, 0.3) is 0 Å². The Labute approximate surface area is 121 Å². The van der Waals surface area contributed by atoms with Crippen molar-refractivity contribution in [1.82, 2.24) is 10.2 Å². The minimum atomic E-state index is -0.790. The summed E-state index contributed by atoms with van der Waals surface area (Å²) in [4.78, 5) is 24.1. The highest BCUT2D eigenvalue weighted by molar-refractivity contribution is 5.73. The third kappa shape index (κ3) is 6.37. The molecular formula is C15H28N2O3. The lowest BCUT2D eigenvalue weighted by Crippen LogP contribution is -2.45. The maximum Gasteiger partial charge on any atom is 0.320 e. The smallest absolute Gasteiger partial charge is 0.320 e. The van der Waals surface area contributed by atoms with Gasteiger partial charge in [-0.15, -0.1) is 0 Å². The van der Waals surface area contributed by atoms with Crippen molar-refractivity contribution in [3.8, 4) is 0 Å². The van der Waals surface area contributed by atoms with Gasteiger partial charge in [-0.25, -0.2) is 0 Å². The molecule has 1 aliphatic carbocycles. The molecule has 0 aromatic rings. The third-order valence-corrected chi connectivity index (χ3v) is 4.15. The van der Waals surface area contributed by atoms with E-state index in [1.54, 1.807) is 6.92 Å². The van der Waals surface area contributed by atoms with Gasteiger partial charge in [-0.1, -0.05) is 25.7 Å². The van der Waals surface area contributed by atoms with E-state index < -0.39 is 12.0 Å². The van der Waals surface area contributed by atoms with Crippen LogP contribution >= 0.6 is 0 Å². The molecule has 1 atom stereocenters. The molecule has 1 amide bonds. The summed E-state index contributed by atoms with van der Waals surface area (Å²) in [5.74, 6) is -0.263. The first kappa shape index (κ1) is 17.0. The number of aliphatic carboxylic acids is 1. The van der Waals surface area contributed by atoms with Crippen LogP contribution in [-0.4, -0.2) is 47.6 Å². The van der Waals surface area contributed by atoms with E-state index in [0.29, 0.717) is 19.0 Å². The number of hydrogen-bond donors (Lipinski definition) is 2. The molecule has 0 spiro atoms. The SMILES string of the molecule is CC(=O)NCCN(CC1CCCCCC1)C(C)C(=O)O. The van der Waals surface area contributed by atoms with Gasteiger partial charge in [0, 0.05) is 26.6 Å². The molecule has 0 bridgehead atoms. The molecule has 1 unspecified atom stereocenters. The predicted molar refractivity (Wildman–Crippen MR) is 78.5 cm³/mol.